The molecule has 3 nitrogen and oxygen atoms in total. The smallest absolute Gasteiger partial charge is 0.136 e. The van der Waals surface area contributed by atoms with Gasteiger partial charge in [0, 0.05) is 44.4 Å². The van der Waals surface area contributed by atoms with Gasteiger partial charge in [-0.1, -0.05) is 36.4 Å². The molecule has 3 rings (SSSR count). The molecule has 0 bridgehead atoms. The van der Waals surface area contributed by atoms with E-state index in [4.69, 9.17) is 0 Å². The number of hydrogen-bond donors (Lipinski definition) is 0. The van der Waals surface area contributed by atoms with Crippen molar-refractivity contribution in [2.45, 2.75) is 25.4 Å². The lowest BCUT2D eigenvalue weighted by Crippen LogP contribution is -2.36. The first-order valence-corrected chi connectivity index (χ1v) is 7.02. The molecule has 1 aromatic heterocycles. The molecule has 2 aromatic rings. The molecule has 2 heterocycles. The molecule has 0 aliphatic carbocycles. The van der Waals surface area contributed by atoms with Gasteiger partial charge in [-0.3, -0.25) is 14.7 Å². The second-order valence-electron chi connectivity index (χ2n) is 5.25. The average molecular weight is 266 g/mol. The van der Waals surface area contributed by atoms with E-state index in [9.17, 15) is 4.79 Å². The van der Waals surface area contributed by atoms with Crippen LogP contribution in [-0.2, 0) is 11.3 Å². The number of carbonyl (C=O) groups excluding carboxylic acids is 1. The zero-order valence-corrected chi connectivity index (χ0v) is 11.4. The number of rotatable bonds is 3. The number of benzene rings is 1. The van der Waals surface area contributed by atoms with Gasteiger partial charge in [-0.15, -0.1) is 0 Å². The SMILES string of the molecule is O=C1CCN(Cc2ccccc2)[C@H](c2cccnc2)C1. The third-order valence-corrected chi connectivity index (χ3v) is 3.84. The number of Topliss-reactive ketones (excluding diaryl/α,β-unsaturated/α-hetero) is 1. The van der Waals surface area contributed by atoms with Gasteiger partial charge in [0.25, 0.3) is 0 Å². The first kappa shape index (κ1) is 13.0. The molecule has 1 aliphatic heterocycles. The van der Waals surface area contributed by atoms with Gasteiger partial charge in [-0.05, 0) is 17.2 Å². The molecule has 0 N–H and O–H groups in total. The van der Waals surface area contributed by atoms with Crippen molar-refractivity contribution >= 4 is 5.78 Å². The van der Waals surface area contributed by atoms with Crippen molar-refractivity contribution in [3.63, 3.8) is 0 Å². The van der Waals surface area contributed by atoms with Crippen LogP contribution in [0.3, 0.4) is 0 Å². The summed E-state index contributed by atoms with van der Waals surface area (Å²) in [7, 11) is 0. The Balaban J connectivity index is 1.82. The maximum Gasteiger partial charge on any atom is 0.136 e. The van der Waals surface area contributed by atoms with Gasteiger partial charge in [0.05, 0.1) is 0 Å². The Morgan fingerprint density at radius 3 is 2.75 bits per heavy atom. The fraction of sp³-hybridized carbons (Fsp3) is 0.294. The molecular weight excluding hydrogens is 248 g/mol. The summed E-state index contributed by atoms with van der Waals surface area (Å²) in [5.41, 5.74) is 2.42. The van der Waals surface area contributed by atoms with Crippen LogP contribution in [0.1, 0.15) is 30.0 Å². The van der Waals surface area contributed by atoms with E-state index in [2.05, 4.69) is 40.2 Å². The van der Waals surface area contributed by atoms with Crippen molar-refractivity contribution in [2.24, 2.45) is 0 Å². The molecule has 0 spiro atoms. The van der Waals surface area contributed by atoms with Crippen molar-refractivity contribution < 1.29 is 4.79 Å². The fourth-order valence-corrected chi connectivity index (χ4v) is 2.78. The van der Waals surface area contributed by atoms with E-state index in [1.54, 1.807) is 6.20 Å². The van der Waals surface area contributed by atoms with E-state index in [0.29, 0.717) is 18.6 Å². The minimum atomic E-state index is 0.158. The summed E-state index contributed by atoms with van der Waals surface area (Å²) in [5, 5.41) is 0. The maximum atomic E-state index is 11.8. The lowest BCUT2D eigenvalue weighted by atomic mass is 9.95. The zero-order chi connectivity index (χ0) is 13.8. The molecule has 102 valence electrons. The summed E-state index contributed by atoms with van der Waals surface area (Å²) in [4.78, 5) is 18.4. The van der Waals surface area contributed by atoms with Gasteiger partial charge in [0.2, 0.25) is 0 Å². The van der Waals surface area contributed by atoms with Gasteiger partial charge in [0.15, 0.2) is 0 Å². The quantitative estimate of drug-likeness (QED) is 0.856. The lowest BCUT2D eigenvalue weighted by Gasteiger charge is -2.35. The summed E-state index contributed by atoms with van der Waals surface area (Å²) < 4.78 is 0. The predicted octanol–water partition coefficient (Wildman–Crippen LogP) is 2.99. The van der Waals surface area contributed by atoms with E-state index in [0.717, 1.165) is 18.7 Å². The van der Waals surface area contributed by atoms with Gasteiger partial charge in [-0.2, -0.15) is 0 Å². The summed E-state index contributed by atoms with van der Waals surface area (Å²) in [6.45, 7) is 1.71. The normalized spacial score (nSPS) is 20.0. The van der Waals surface area contributed by atoms with Crippen LogP contribution >= 0.6 is 0 Å². The molecule has 0 saturated carbocycles. The van der Waals surface area contributed by atoms with Crippen LogP contribution in [-0.4, -0.2) is 22.2 Å². The van der Waals surface area contributed by atoms with E-state index in [1.807, 2.05) is 18.3 Å². The number of likely N-dealkylation sites (tertiary alicyclic amines) is 1. The molecular formula is C17H18N2O. The summed E-state index contributed by atoms with van der Waals surface area (Å²) >= 11 is 0. The molecule has 3 heteroatoms. The first-order valence-electron chi connectivity index (χ1n) is 7.02. The van der Waals surface area contributed by atoms with Crippen molar-refractivity contribution in [2.75, 3.05) is 6.54 Å². The van der Waals surface area contributed by atoms with E-state index in [-0.39, 0.29) is 6.04 Å². The minimum absolute atomic E-state index is 0.158. The predicted molar refractivity (Wildman–Crippen MR) is 78.1 cm³/mol. The van der Waals surface area contributed by atoms with Gasteiger partial charge in [0.1, 0.15) is 5.78 Å². The number of aromatic nitrogens is 1. The highest BCUT2D eigenvalue weighted by molar-refractivity contribution is 5.80. The summed E-state index contributed by atoms with van der Waals surface area (Å²) in [6.07, 6.45) is 4.90. The summed E-state index contributed by atoms with van der Waals surface area (Å²) in [5.74, 6) is 0.350. The van der Waals surface area contributed by atoms with Crippen molar-refractivity contribution in [3.8, 4) is 0 Å². The molecule has 0 amide bonds. The van der Waals surface area contributed by atoms with Crippen LogP contribution in [0.5, 0.6) is 0 Å². The van der Waals surface area contributed by atoms with Crippen LogP contribution in [0.15, 0.2) is 54.9 Å². The van der Waals surface area contributed by atoms with Gasteiger partial charge < -0.3 is 0 Å². The van der Waals surface area contributed by atoms with Gasteiger partial charge in [-0.25, -0.2) is 0 Å². The Labute approximate surface area is 119 Å². The Morgan fingerprint density at radius 1 is 1.15 bits per heavy atom. The second-order valence-corrected chi connectivity index (χ2v) is 5.25. The van der Waals surface area contributed by atoms with E-state index < -0.39 is 0 Å². The standard InChI is InChI=1S/C17H18N2O/c20-16-8-10-19(13-14-5-2-1-3-6-14)17(11-16)15-7-4-9-18-12-15/h1-7,9,12,17H,8,10-11,13H2/t17-/m0/s1. The number of hydrogen-bond acceptors (Lipinski definition) is 3. The van der Waals surface area contributed by atoms with E-state index in [1.165, 1.54) is 5.56 Å². The highest BCUT2D eigenvalue weighted by Crippen LogP contribution is 2.30. The Hall–Kier alpha value is -2.00. The molecule has 1 aliphatic rings. The molecule has 1 saturated heterocycles. The molecule has 1 aromatic carbocycles. The average Bonchev–Trinajstić information content (AvgIpc) is 2.51. The maximum absolute atomic E-state index is 11.8. The zero-order valence-electron chi connectivity index (χ0n) is 11.4. The lowest BCUT2D eigenvalue weighted by molar-refractivity contribution is -0.123. The first-order chi connectivity index (χ1) is 9.83. The minimum Gasteiger partial charge on any atom is -0.300 e. The topological polar surface area (TPSA) is 33.2 Å². The van der Waals surface area contributed by atoms with Crippen LogP contribution < -0.4 is 0 Å². The highest BCUT2D eigenvalue weighted by atomic mass is 16.1. The molecule has 20 heavy (non-hydrogen) atoms. The Morgan fingerprint density at radius 2 is 2.00 bits per heavy atom. The largest absolute Gasteiger partial charge is 0.300 e. The molecule has 0 radical (unpaired) electrons. The number of nitrogens with zero attached hydrogens (tertiary/aromatic N) is 2. The number of pyridine rings is 1. The third kappa shape index (κ3) is 2.94. The van der Waals surface area contributed by atoms with Crippen LogP contribution in [0.25, 0.3) is 0 Å². The van der Waals surface area contributed by atoms with E-state index >= 15 is 0 Å². The van der Waals surface area contributed by atoms with Crippen molar-refractivity contribution in [3.05, 3.63) is 66.0 Å². The third-order valence-electron chi connectivity index (χ3n) is 3.84. The Bertz CT molecular complexity index is 568. The molecule has 0 unspecified atom stereocenters. The highest BCUT2D eigenvalue weighted by Gasteiger charge is 2.28. The van der Waals surface area contributed by atoms with Crippen LogP contribution in [0.2, 0.25) is 0 Å². The Kier molecular flexibility index (Phi) is 3.88. The van der Waals surface area contributed by atoms with Gasteiger partial charge >= 0.3 is 0 Å². The molecule has 1 atom stereocenters. The van der Waals surface area contributed by atoms with Crippen molar-refractivity contribution in [1.82, 2.24) is 9.88 Å². The number of piperidine rings is 1. The fourth-order valence-electron chi connectivity index (χ4n) is 2.78. The monoisotopic (exact) mass is 266 g/mol. The summed E-state index contributed by atoms with van der Waals surface area (Å²) in [6, 6.07) is 14.6. The number of ketones is 1. The number of carbonyl (C=O) groups is 1. The van der Waals surface area contributed by atoms with Crippen LogP contribution in [0.4, 0.5) is 0 Å². The second kappa shape index (κ2) is 5.97. The molecule has 1 fully saturated rings. The van der Waals surface area contributed by atoms with Crippen molar-refractivity contribution in [1.29, 1.82) is 0 Å². The van der Waals surface area contributed by atoms with Crippen LogP contribution in [0, 0.1) is 0 Å².